The van der Waals surface area contributed by atoms with E-state index in [0.29, 0.717) is 18.7 Å². The van der Waals surface area contributed by atoms with Crippen molar-refractivity contribution in [2.75, 3.05) is 38.2 Å². The molecule has 0 spiro atoms. The summed E-state index contributed by atoms with van der Waals surface area (Å²) in [5.41, 5.74) is 1.19. The summed E-state index contributed by atoms with van der Waals surface area (Å²) in [6.07, 6.45) is 2.79. The third-order valence-corrected chi connectivity index (χ3v) is 5.28. The van der Waals surface area contributed by atoms with Crippen LogP contribution in [-0.4, -0.2) is 68.1 Å². The number of benzene rings is 1. The number of amides is 1. The molecule has 3 rings (SSSR count). The first-order chi connectivity index (χ1) is 13.7. The minimum absolute atomic E-state index is 0.0819. The molecular weight excluding hydrogens is 372 g/mol. The molecule has 1 amide bonds. The van der Waals surface area contributed by atoms with E-state index in [-0.39, 0.29) is 24.3 Å². The lowest BCUT2D eigenvalue weighted by atomic mass is 10.1. The highest BCUT2D eigenvalue weighted by atomic mass is 16.6. The molecule has 0 saturated carbocycles. The van der Waals surface area contributed by atoms with Crippen molar-refractivity contribution in [2.24, 2.45) is 0 Å². The van der Waals surface area contributed by atoms with Gasteiger partial charge in [-0.05, 0) is 64.3 Å². The van der Waals surface area contributed by atoms with E-state index in [0.717, 1.165) is 38.0 Å². The summed E-state index contributed by atoms with van der Waals surface area (Å²) in [5.74, 6) is -0.319. The first-order valence-corrected chi connectivity index (χ1v) is 10.3. The second kappa shape index (κ2) is 9.03. The fourth-order valence-corrected chi connectivity index (χ4v) is 3.78. The summed E-state index contributed by atoms with van der Waals surface area (Å²) >= 11 is 0. The van der Waals surface area contributed by atoms with Gasteiger partial charge in [0.2, 0.25) is 0 Å². The van der Waals surface area contributed by atoms with Gasteiger partial charge in [0.1, 0.15) is 5.60 Å². The van der Waals surface area contributed by atoms with Gasteiger partial charge >= 0.3 is 12.1 Å². The molecule has 2 saturated heterocycles. The van der Waals surface area contributed by atoms with Crippen LogP contribution in [0.25, 0.3) is 0 Å². The Morgan fingerprint density at radius 2 is 1.59 bits per heavy atom. The molecule has 1 atom stereocenters. The van der Waals surface area contributed by atoms with Crippen LogP contribution in [0.2, 0.25) is 0 Å². The van der Waals surface area contributed by atoms with E-state index in [1.54, 1.807) is 17.0 Å². The molecule has 7 heteroatoms. The van der Waals surface area contributed by atoms with Crippen LogP contribution < -0.4 is 4.90 Å². The number of rotatable bonds is 4. The number of piperidine rings is 1. The standard InChI is InChI=1S/C22H32N2O5/c1-22(2,3)29-21(26)24-14-11-19(15-24)28-18-9-12-23(13-10-18)17-7-5-16(6-8-17)20(25)27-4/h5-8,18-19H,9-15H2,1-4H3. The molecule has 1 aromatic rings. The van der Waals surface area contributed by atoms with E-state index in [2.05, 4.69) is 4.90 Å². The summed E-state index contributed by atoms with van der Waals surface area (Å²) in [5, 5.41) is 0. The Morgan fingerprint density at radius 3 is 2.17 bits per heavy atom. The predicted molar refractivity (Wildman–Crippen MR) is 110 cm³/mol. The number of anilines is 1. The minimum atomic E-state index is -0.474. The molecule has 160 valence electrons. The number of methoxy groups -OCH3 is 1. The normalized spacial score (nSPS) is 20.6. The Balaban J connectivity index is 1.43. The number of ether oxygens (including phenoxy) is 3. The van der Waals surface area contributed by atoms with E-state index in [1.807, 2.05) is 32.9 Å². The summed E-state index contributed by atoms with van der Waals surface area (Å²) in [6, 6.07) is 7.52. The highest BCUT2D eigenvalue weighted by molar-refractivity contribution is 5.89. The fraction of sp³-hybridized carbons (Fsp3) is 0.636. The number of carbonyl (C=O) groups excluding carboxylic acids is 2. The van der Waals surface area contributed by atoms with Crippen molar-refractivity contribution in [1.82, 2.24) is 4.90 Å². The van der Waals surface area contributed by atoms with Crippen LogP contribution >= 0.6 is 0 Å². The molecule has 0 aliphatic carbocycles. The van der Waals surface area contributed by atoms with Crippen molar-refractivity contribution in [2.45, 2.75) is 57.8 Å². The number of esters is 1. The molecule has 7 nitrogen and oxygen atoms in total. The second-order valence-electron chi connectivity index (χ2n) is 8.70. The van der Waals surface area contributed by atoms with Crippen molar-refractivity contribution >= 4 is 17.7 Å². The number of carbonyl (C=O) groups is 2. The zero-order valence-electron chi connectivity index (χ0n) is 17.8. The third-order valence-electron chi connectivity index (χ3n) is 5.28. The van der Waals surface area contributed by atoms with Crippen LogP contribution in [0.3, 0.4) is 0 Å². The first-order valence-electron chi connectivity index (χ1n) is 10.3. The molecule has 1 aromatic carbocycles. The lowest BCUT2D eigenvalue weighted by Crippen LogP contribution is -2.40. The maximum Gasteiger partial charge on any atom is 0.410 e. The molecule has 0 aromatic heterocycles. The largest absolute Gasteiger partial charge is 0.465 e. The van der Waals surface area contributed by atoms with Crippen LogP contribution in [0.5, 0.6) is 0 Å². The van der Waals surface area contributed by atoms with E-state index in [9.17, 15) is 9.59 Å². The van der Waals surface area contributed by atoms with Crippen molar-refractivity contribution in [3.05, 3.63) is 29.8 Å². The van der Waals surface area contributed by atoms with E-state index < -0.39 is 5.60 Å². The fourth-order valence-electron chi connectivity index (χ4n) is 3.78. The number of likely N-dealkylation sites (tertiary alicyclic amines) is 1. The lowest BCUT2D eigenvalue weighted by Gasteiger charge is -2.34. The van der Waals surface area contributed by atoms with Crippen molar-refractivity contribution < 1.29 is 23.8 Å². The lowest BCUT2D eigenvalue weighted by molar-refractivity contribution is -0.0208. The highest BCUT2D eigenvalue weighted by Gasteiger charge is 2.32. The van der Waals surface area contributed by atoms with Gasteiger partial charge in [-0.3, -0.25) is 0 Å². The maximum atomic E-state index is 12.2. The summed E-state index contributed by atoms with van der Waals surface area (Å²) in [4.78, 5) is 27.8. The Kier molecular flexibility index (Phi) is 6.67. The molecule has 2 aliphatic rings. The van der Waals surface area contributed by atoms with E-state index in [1.165, 1.54) is 7.11 Å². The molecule has 0 N–H and O–H groups in total. The van der Waals surface area contributed by atoms with Crippen molar-refractivity contribution in [3.63, 3.8) is 0 Å². The quantitative estimate of drug-likeness (QED) is 0.716. The average molecular weight is 405 g/mol. The van der Waals surface area contributed by atoms with Crippen molar-refractivity contribution in [1.29, 1.82) is 0 Å². The predicted octanol–water partition coefficient (Wildman–Crippen LogP) is 3.47. The van der Waals surface area contributed by atoms with Crippen LogP contribution in [-0.2, 0) is 14.2 Å². The number of nitrogens with zero attached hydrogens (tertiary/aromatic N) is 2. The van der Waals surface area contributed by atoms with Gasteiger partial charge in [0.05, 0.1) is 31.4 Å². The Morgan fingerprint density at radius 1 is 0.966 bits per heavy atom. The summed E-state index contributed by atoms with van der Waals surface area (Å²) < 4.78 is 16.5. The molecule has 1 unspecified atom stereocenters. The van der Waals surface area contributed by atoms with E-state index in [4.69, 9.17) is 14.2 Å². The Hall–Kier alpha value is -2.28. The second-order valence-corrected chi connectivity index (χ2v) is 8.70. The topological polar surface area (TPSA) is 68.3 Å². The summed E-state index contributed by atoms with van der Waals surface area (Å²) in [7, 11) is 1.39. The average Bonchev–Trinajstić information content (AvgIpc) is 3.15. The monoisotopic (exact) mass is 404 g/mol. The third kappa shape index (κ3) is 5.85. The van der Waals surface area contributed by atoms with Crippen LogP contribution in [0, 0.1) is 0 Å². The van der Waals surface area contributed by atoms with Crippen LogP contribution in [0.15, 0.2) is 24.3 Å². The SMILES string of the molecule is COC(=O)c1ccc(N2CCC(OC3CCN(C(=O)OC(C)(C)C)C3)CC2)cc1. The minimum Gasteiger partial charge on any atom is -0.465 e. The van der Waals surface area contributed by atoms with Crippen LogP contribution in [0.1, 0.15) is 50.4 Å². The van der Waals surface area contributed by atoms with E-state index >= 15 is 0 Å². The molecule has 0 bridgehead atoms. The van der Waals surface area contributed by atoms with Gasteiger partial charge < -0.3 is 24.0 Å². The zero-order chi connectivity index (χ0) is 21.0. The number of hydrogen-bond acceptors (Lipinski definition) is 6. The molecular formula is C22H32N2O5. The first kappa shape index (κ1) is 21.4. The Bertz CT molecular complexity index is 705. The molecule has 2 heterocycles. The Labute approximate surface area is 172 Å². The van der Waals surface area contributed by atoms with Crippen molar-refractivity contribution in [3.8, 4) is 0 Å². The summed E-state index contributed by atoms with van der Waals surface area (Å²) in [6.45, 7) is 8.74. The van der Waals surface area contributed by atoms with Crippen LogP contribution in [0.4, 0.5) is 10.5 Å². The number of hydrogen-bond donors (Lipinski definition) is 0. The molecule has 2 aliphatic heterocycles. The highest BCUT2D eigenvalue weighted by Crippen LogP contribution is 2.25. The smallest absolute Gasteiger partial charge is 0.410 e. The molecule has 29 heavy (non-hydrogen) atoms. The van der Waals surface area contributed by atoms with Gasteiger partial charge in [-0.25, -0.2) is 9.59 Å². The molecule has 2 fully saturated rings. The van der Waals surface area contributed by atoms with Gasteiger partial charge in [0, 0.05) is 25.3 Å². The van der Waals surface area contributed by atoms with Gasteiger partial charge in [0.15, 0.2) is 0 Å². The van der Waals surface area contributed by atoms with Gasteiger partial charge in [-0.15, -0.1) is 0 Å². The molecule has 0 radical (unpaired) electrons. The van der Waals surface area contributed by atoms with Gasteiger partial charge in [-0.1, -0.05) is 0 Å². The van der Waals surface area contributed by atoms with Gasteiger partial charge in [0.25, 0.3) is 0 Å². The maximum absolute atomic E-state index is 12.2. The van der Waals surface area contributed by atoms with Gasteiger partial charge in [-0.2, -0.15) is 0 Å². The zero-order valence-corrected chi connectivity index (χ0v) is 17.8.